The fourth-order valence-electron chi connectivity index (χ4n) is 4.86. The molecule has 2 aliphatic rings. The zero-order chi connectivity index (χ0) is 25.2. The molecule has 0 saturated carbocycles. The van der Waals surface area contributed by atoms with Crippen LogP contribution in [-0.4, -0.2) is 73.1 Å². The predicted molar refractivity (Wildman–Crippen MR) is 129 cm³/mol. The van der Waals surface area contributed by atoms with Crippen molar-refractivity contribution in [1.29, 1.82) is 0 Å². The zero-order valence-corrected chi connectivity index (χ0v) is 20.2. The Morgan fingerprint density at radius 1 is 1.09 bits per heavy atom. The second-order valence-corrected chi connectivity index (χ2v) is 11.3. The number of carboxylic acids is 1. The van der Waals surface area contributed by atoms with Crippen molar-refractivity contribution in [1.82, 2.24) is 10.2 Å². The number of amides is 2. The number of alkyl carbamates (subject to hydrolysis) is 1. The molecule has 1 saturated heterocycles. The summed E-state index contributed by atoms with van der Waals surface area (Å²) in [5.74, 6) is -2.24. The third-order valence-corrected chi connectivity index (χ3v) is 8.15. The molecule has 2 amide bonds. The van der Waals surface area contributed by atoms with Gasteiger partial charge >= 0.3 is 12.1 Å². The van der Waals surface area contributed by atoms with E-state index in [2.05, 4.69) is 5.32 Å². The lowest BCUT2D eigenvalue weighted by Crippen LogP contribution is -2.53. The second-order valence-electron chi connectivity index (χ2n) is 9.03. The van der Waals surface area contributed by atoms with Crippen LogP contribution in [0.15, 0.2) is 48.5 Å². The minimum absolute atomic E-state index is 0.0588. The number of carbonyl (C=O) groups is 3. The molecular weight excluding hydrogens is 472 g/mol. The van der Waals surface area contributed by atoms with Crippen LogP contribution in [0.3, 0.4) is 0 Å². The first-order valence-electron chi connectivity index (χ1n) is 11.5. The second kappa shape index (κ2) is 10.1. The summed E-state index contributed by atoms with van der Waals surface area (Å²) in [5, 5.41) is 11.8. The number of nitrogens with one attached hydrogen (secondary N) is 1. The number of benzene rings is 2. The molecule has 0 aromatic heterocycles. The molecule has 1 aliphatic heterocycles. The highest BCUT2D eigenvalue weighted by Crippen LogP contribution is 2.44. The van der Waals surface area contributed by atoms with Gasteiger partial charge in [0.15, 0.2) is 9.84 Å². The quantitative estimate of drug-likeness (QED) is 0.597. The molecule has 2 unspecified atom stereocenters. The molecule has 35 heavy (non-hydrogen) atoms. The number of aliphatic carboxylic acids is 1. The van der Waals surface area contributed by atoms with Gasteiger partial charge in [-0.25, -0.2) is 13.2 Å². The minimum atomic E-state index is -3.40. The van der Waals surface area contributed by atoms with Crippen molar-refractivity contribution in [3.8, 4) is 11.1 Å². The topological polar surface area (TPSA) is 130 Å². The van der Waals surface area contributed by atoms with E-state index in [1.165, 1.54) is 4.90 Å². The van der Waals surface area contributed by atoms with Gasteiger partial charge < -0.3 is 20.1 Å². The third kappa shape index (κ3) is 5.64. The molecule has 2 N–H and O–H groups in total. The molecule has 2 aromatic rings. The van der Waals surface area contributed by atoms with Gasteiger partial charge in [-0.3, -0.25) is 9.59 Å². The molecule has 186 valence electrons. The van der Waals surface area contributed by atoms with Crippen molar-refractivity contribution in [3.63, 3.8) is 0 Å². The maximum absolute atomic E-state index is 12.8. The van der Waals surface area contributed by atoms with Crippen LogP contribution >= 0.6 is 0 Å². The van der Waals surface area contributed by atoms with Crippen LogP contribution in [0.4, 0.5) is 4.79 Å². The van der Waals surface area contributed by atoms with Crippen LogP contribution in [0.5, 0.6) is 0 Å². The average Bonchev–Trinajstić information content (AvgIpc) is 3.10. The first-order valence-corrected chi connectivity index (χ1v) is 13.3. The van der Waals surface area contributed by atoms with Crippen LogP contribution in [0.25, 0.3) is 11.1 Å². The van der Waals surface area contributed by atoms with Crippen molar-refractivity contribution in [3.05, 3.63) is 59.7 Å². The molecule has 9 nitrogen and oxygen atoms in total. The number of hydrogen-bond acceptors (Lipinski definition) is 6. The Bertz CT molecular complexity index is 1200. The fraction of sp³-hybridized carbons (Fsp3) is 0.400. The van der Waals surface area contributed by atoms with Crippen LogP contribution < -0.4 is 5.32 Å². The SMILES string of the molecule is CC(CC(=O)N1CCS(=O)(=O)CC1CC(=O)O)NC(=O)OCC1c2ccccc2-c2ccccc21. The molecule has 4 rings (SSSR count). The Hall–Kier alpha value is -3.40. The molecule has 1 aliphatic carbocycles. The summed E-state index contributed by atoms with van der Waals surface area (Å²) >= 11 is 0. The predicted octanol–water partition coefficient (Wildman–Crippen LogP) is 2.40. The lowest BCUT2D eigenvalue weighted by atomic mass is 9.98. The van der Waals surface area contributed by atoms with E-state index < -0.39 is 46.3 Å². The van der Waals surface area contributed by atoms with Gasteiger partial charge in [0.25, 0.3) is 0 Å². The van der Waals surface area contributed by atoms with Gasteiger partial charge in [0.05, 0.1) is 24.0 Å². The summed E-state index contributed by atoms with van der Waals surface area (Å²) in [7, 11) is -3.40. The third-order valence-electron chi connectivity index (χ3n) is 6.45. The Morgan fingerprint density at radius 2 is 1.69 bits per heavy atom. The molecular formula is C25H28N2O7S. The number of ether oxygens (including phenoxy) is 1. The summed E-state index contributed by atoms with van der Waals surface area (Å²) in [6.45, 7) is 1.73. The van der Waals surface area contributed by atoms with E-state index in [4.69, 9.17) is 9.84 Å². The molecule has 2 aromatic carbocycles. The summed E-state index contributed by atoms with van der Waals surface area (Å²) in [5.41, 5.74) is 4.43. The standard InChI is InChI=1S/C25H28N2O7S/c1-16(12-23(28)27-10-11-35(32,33)15-17(27)13-24(29)30)26-25(31)34-14-22-20-8-4-2-6-18(20)19-7-3-5-9-21(19)22/h2-9,16-17,22H,10-15H2,1H3,(H,26,31)(H,29,30). The maximum atomic E-state index is 12.8. The Balaban J connectivity index is 1.33. The number of nitrogens with zero attached hydrogens (tertiary/aromatic N) is 1. The van der Waals surface area contributed by atoms with Crippen molar-refractivity contribution in [2.24, 2.45) is 0 Å². The van der Waals surface area contributed by atoms with Crippen LogP contribution in [0, 0.1) is 0 Å². The Morgan fingerprint density at radius 3 is 2.29 bits per heavy atom. The summed E-state index contributed by atoms with van der Waals surface area (Å²) < 4.78 is 29.3. The summed E-state index contributed by atoms with van der Waals surface area (Å²) in [6.07, 6.45) is -1.20. The molecule has 0 radical (unpaired) electrons. The highest BCUT2D eigenvalue weighted by molar-refractivity contribution is 7.91. The van der Waals surface area contributed by atoms with Gasteiger partial charge in [-0.2, -0.15) is 0 Å². The first-order chi connectivity index (χ1) is 16.6. The van der Waals surface area contributed by atoms with E-state index in [9.17, 15) is 22.8 Å². The zero-order valence-electron chi connectivity index (χ0n) is 19.3. The molecule has 1 heterocycles. The summed E-state index contributed by atoms with van der Waals surface area (Å²) in [4.78, 5) is 37.7. The minimum Gasteiger partial charge on any atom is -0.481 e. The molecule has 1 fully saturated rings. The molecule has 0 bridgehead atoms. The monoisotopic (exact) mass is 500 g/mol. The summed E-state index contributed by atoms with van der Waals surface area (Å²) in [6, 6.07) is 14.5. The maximum Gasteiger partial charge on any atom is 0.407 e. The van der Waals surface area contributed by atoms with Crippen molar-refractivity contribution < 1.29 is 32.6 Å². The van der Waals surface area contributed by atoms with Crippen LogP contribution in [0.1, 0.15) is 36.8 Å². The molecule has 10 heteroatoms. The average molecular weight is 501 g/mol. The number of rotatable bonds is 7. The largest absolute Gasteiger partial charge is 0.481 e. The van der Waals surface area contributed by atoms with Crippen molar-refractivity contribution in [2.75, 3.05) is 24.7 Å². The van der Waals surface area contributed by atoms with Gasteiger partial charge in [0, 0.05) is 24.9 Å². The normalized spacial score (nSPS) is 19.3. The van der Waals surface area contributed by atoms with Crippen LogP contribution in [-0.2, 0) is 24.2 Å². The number of fused-ring (bicyclic) bond motifs is 3. The van der Waals surface area contributed by atoms with Gasteiger partial charge in [-0.1, -0.05) is 48.5 Å². The first kappa shape index (κ1) is 24.7. The van der Waals surface area contributed by atoms with Crippen molar-refractivity contribution in [2.45, 2.75) is 37.8 Å². The highest BCUT2D eigenvalue weighted by atomic mass is 32.2. The smallest absolute Gasteiger partial charge is 0.407 e. The Kier molecular flexibility index (Phi) is 7.11. The van der Waals surface area contributed by atoms with Gasteiger partial charge in [0.1, 0.15) is 6.61 Å². The number of sulfone groups is 1. The van der Waals surface area contributed by atoms with Gasteiger partial charge in [0.2, 0.25) is 5.91 Å². The van der Waals surface area contributed by atoms with E-state index in [-0.39, 0.29) is 37.0 Å². The number of carboxylic acid groups (broad SMARTS) is 1. The van der Waals surface area contributed by atoms with Gasteiger partial charge in [-0.15, -0.1) is 0 Å². The lowest BCUT2D eigenvalue weighted by Gasteiger charge is -2.35. The van der Waals surface area contributed by atoms with E-state index in [0.717, 1.165) is 22.3 Å². The molecule has 0 spiro atoms. The highest BCUT2D eigenvalue weighted by Gasteiger charge is 2.36. The van der Waals surface area contributed by atoms with Crippen LogP contribution in [0.2, 0.25) is 0 Å². The number of hydrogen-bond donors (Lipinski definition) is 2. The van der Waals surface area contributed by atoms with Gasteiger partial charge in [-0.05, 0) is 29.2 Å². The fourth-order valence-corrected chi connectivity index (χ4v) is 6.38. The van der Waals surface area contributed by atoms with E-state index >= 15 is 0 Å². The van der Waals surface area contributed by atoms with E-state index in [1.54, 1.807) is 6.92 Å². The molecule has 2 atom stereocenters. The lowest BCUT2D eigenvalue weighted by molar-refractivity contribution is -0.140. The van der Waals surface area contributed by atoms with Crippen molar-refractivity contribution >= 4 is 27.8 Å². The van der Waals surface area contributed by atoms with E-state index in [1.807, 2.05) is 48.5 Å². The van der Waals surface area contributed by atoms with E-state index in [0.29, 0.717) is 0 Å². The number of carbonyl (C=O) groups excluding carboxylic acids is 2. The Labute approximate surface area is 204 Å².